The second kappa shape index (κ2) is 8.35. The second-order valence-electron chi connectivity index (χ2n) is 7.29. The van der Waals surface area contributed by atoms with Gasteiger partial charge in [0.15, 0.2) is 18.0 Å². The summed E-state index contributed by atoms with van der Waals surface area (Å²) in [6.07, 6.45) is 3.00. The molecule has 0 saturated carbocycles. The third-order valence-corrected chi connectivity index (χ3v) is 4.67. The van der Waals surface area contributed by atoms with E-state index in [4.69, 9.17) is 4.74 Å². The third-order valence-electron chi connectivity index (χ3n) is 4.67. The van der Waals surface area contributed by atoms with Crippen LogP contribution in [0.15, 0.2) is 55.0 Å². The highest BCUT2D eigenvalue weighted by Gasteiger charge is 2.14. The first kappa shape index (κ1) is 20.2. The molecule has 4 aromatic rings. The summed E-state index contributed by atoms with van der Waals surface area (Å²) in [4.78, 5) is 32.3. The fourth-order valence-corrected chi connectivity index (χ4v) is 3.35. The normalized spacial score (nSPS) is 10.8. The topological polar surface area (TPSA) is 99.0 Å². The Morgan fingerprint density at radius 2 is 1.84 bits per heavy atom. The summed E-state index contributed by atoms with van der Waals surface area (Å²) in [5, 5.41) is 7.75. The number of aryl methyl sites for hydroxylation is 2. The molecule has 0 bridgehead atoms. The summed E-state index contributed by atoms with van der Waals surface area (Å²) in [5.74, 6) is -0.168. The molecular weight excluding hydrogens is 394 g/mol. The van der Waals surface area contributed by atoms with Crippen molar-refractivity contribution in [1.29, 1.82) is 0 Å². The molecule has 2 heterocycles. The highest BCUT2D eigenvalue weighted by molar-refractivity contribution is 5.97. The van der Waals surface area contributed by atoms with Gasteiger partial charge in [-0.25, -0.2) is 14.6 Å². The minimum Gasteiger partial charge on any atom is -0.467 e. The molecule has 156 valence electrons. The Bertz CT molecular complexity index is 1280. The molecule has 0 spiro atoms. The number of hydrogen-bond acceptors (Lipinski definition) is 6. The number of aromatic nitrogens is 4. The van der Waals surface area contributed by atoms with Gasteiger partial charge in [-0.05, 0) is 56.2 Å². The van der Waals surface area contributed by atoms with Crippen LogP contribution >= 0.6 is 0 Å². The molecule has 2 aromatic heterocycles. The number of amides is 1. The molecule has 0 fully saturated rings. The lowest BCUT2D eigenvalue weighted by molar-refractivity contribution is -0.118. The van der Waals surface area contributed by atoms with Gasteiger partial charge in [0.2, 0.25) is 5.88 Å². The van der Waals surface area contributed by atoms with E-state index in [2.05, 4.69) is 26.4 Å². The van der Waals surface area contributed by atoms with E-state index in [1.165, 1.54) is 13.3 Å². The van der Waals surface area contributed by atoms with Crippen LogP contribution in [0.3, 0.4) is 0 Å². The van der Waals surface area contributed by atoms with Crippen molar-refractivity contribution in [1.82, 2.24) is 19.7 Å². The van der Waals surface area contributed by atoms with E-state index < -0.39 is 0 Å². The number of nitrogens with zero attached hydrogens (tertiary/aromatic N) is 4. The third kappa shape index (κ3) is 4.42. The van der Waals surface area contributed by atoms with Crippen molar-refractivity contribution in [2.75, 3.05) is 11.9 Å². The zero-order chi connectivity index (χ0) is 22.0. The van der Waals surface area contributed by atoms with Gasteiger partial charge in [-0.15, -0.1) is 0 Å². The van der Waals surface area contributed by atoms with E-state index in [0.717, 1.165) is 16.8 Å². The number of ether oxygens (including phenoxy) is 1. The maximum atomic E-state index is 12.3. The number of carbonyl (C=O) groups excluding carboxylic acids is 2. The minimum atomic E-state index is -0.367. The molecule has 0 unspecified atom stereocenters. The molecule has 0 aliphatic rings. The van der Waals surface area contributed by atoms with Crippen molar-refractivity contribution in [3.05, 3.63) is 71.7 Å². The number of carbonyl (C=O) groups is 2. The number of benzene rings is 2. The summed E-state index contributed by atoms with van der Waals surface area (Å²) in [6, 6.07) is 12.9. The van der Waals surface area contributed by atoms with E-state index >= 15 is 0 Å². The SMILES string of the molecule is CC(=O)c1cccc(NC(=O)COc2ncnc3c2cnn3-c2cc(C)cc(C)c2)c1. The van der Waals surface area contributed by atoms with Gasteiger partial charge in [0.25, 0.3) is 5.91 Å². The molecular formula is C23H21N5O3. The van der Waals surface area contributed by atoms with Gasteiger partial charge in [-0.1, -0.05) is 18.2 Å². The highest BCUT2D eigenvalue weighted by atomic mass is 16.5. The number of rotatable bonds is 6. The van der Waals surface area contributed by atoms with Gasteiger partial charge in [0.1, 0.15) is 11.7 Å². The summed E-state index contributed by atoms with van der Waals surface area (Å²) in [7, 11) is 0. The van der Waals surface area contributed by atoms with E-state index in [1.807, 2.05) is 26.0 Å². The summed E-state index contributed by atoms with van der Waals surface area (Å²) in [6.45, 7) is 5.28. The largest absolute Gasteiger partial charge is 0.467 e. The van der Waals surface area contributed by atoms with E-state index in [0.29, 0.717) is 22.3 Å². The van der Waals surface area contributed by atoms with E-state index in [9.17, 15) is 9.59 Å². The number of Topliss-reactive ketones (excluding diaryl/α,β-unsaturated/α-hetero) is 1. The Morgan fingerprint density at radius 1 is 1.06 bits per heavy atom. The fourth-order valence-electron chi connectivity index (χ4n) is 3.35. The zero-order valence-electron chi connectivity index (χ0n) is 17.4. The molecule has 2 aromatic carbocycles. The first-order valence-corrected chi connectivity index (χ1v) is 9.72. The molecule has 8 heteroatoms. The van der Waals surface area contributed by atoms with Crippen molar-refractivity contribution in [3.8, 4) is 11.6 Å². The first-order chi connectivity index (χ1) is 14.9. The van der Waals surface area contributed by atoms with Crippen LogP contribution in [0.25, 0.3) is 16.7 Å². The summed E-state index contributed by atoms with van der Waals surface area (Å²) >= 11 is 0. The number of fused-ring (bicyclic) bond motifs is 1. The molecule has 0 radical (unpaired) electrons. The van der Waals surface area contributed by atoms with Crippen LogP contribution in [-0.2, 0) is 4.79 Å². The van der Waals surface area contributed by atoms with Crippen molar-refractivity contribution in [2.24, 2.45) is 0 Å². The molecule has 1 amide bonds. The van der Waals surface area contributed by atoms with Crippen molar-refractivity contribution < 1.29 is 14.3 Å². The van der Waals surface area contributed by atoms with Gasteiger partial charge >= 0.3 is 0 Å². The predicted octanol–water partition coefficient (Wildman–Crippen LogP) is 3.65. The highest BCUT2D eigenvalue weighted by Crippen LogP contribution is 2.24. The number of hydrogen-bond donors (Lipinski definition) is 1. The van der Waals surface area contributed by atoms with Gasteiger partial charge in [0.05, 0.1) is 11.9 Å². The van der Waals surface area contributed by atoms with Crippen LogP contribution in [0.4, 0.5) is 5.69 Å². The smallest absolute Gasteiger partial charge is 0.262 e. The van der Waals surface area contributed by atoms with Crippen molar-refractivity contribution in [2.45, 2.75) is 20.8 Å². The molecule has 1 N–H and O–H groups in total. The Labute approximate surface area is 178 Å². The fraction of sp³-hybridized carbons (Fsp3) is 0.174. The lowest BCUT2D eigenvalue weighted by atomic mass is 10.1. The second-order valence-corrected chi connectivity index (χ2v) is 7.29. The Balaban J connectivity index is 1.52. The van der Waals surface area contributed by atoms with Gasteiger partial charge in [0, 0.05) is 11.3 Å². The Hall–Kier alpha value is -4.07. The van der Waals surface area contributed by atoms with Crippen LogP contribution in [-0.4, -0.2) is 38.0 Å². The molecule has 8 nitrogen and oxygen atoms in total. The van der Waals surface area contributed by atoms with Gasteiger partial charge < -0.3 is 10.1 Å². The minimum absolute atomic E-state index is 0.0726. The molecule has 0 aliphatic carbocycles. The number of anilines is 1. The van der Waals surface area contributed by atoms with Crippen molar-refractivity contribution in [3.63, 3.8) is 0 Å². The molecule has 0 saturated heterocycles. The molecule has 31 heavy (non-hydrogen) atoms. The quantitative estimate of drug-likeness (QED) is 0.483. The van der Waals surface area contributed by atoms with Gasteiger partial charge in [-0.2, -0.15) is 5.10 Å². The van der Waals surface area contributed by atoms with Crippen LogP contribution < -0.4 is 10.1 Å². The molecule has 4 rings (SSSR count). The van der Waals surface area contributed by atoms with Gasteiger partial charge in [-0.3, -0.25) is 9.59 Å². The monoisotopic (exact) mass is 415 g/mol. The van der Waals surface area contributed by atoms with Crippen molar-refractivity contribution >= 4 is 28.4 Å². The van der Waals surface area contributed by atoms with Crippen LogP contribution in [0, 0.1) is 13.8 Å². The average molecular weight is 415 g/mol. The van der Waals surface area contributed by atoms with Crippen LogP contribution in [0.2, 0.25) is 0 Å². The number of nitrogens with one attached hydrogen (secondary N) is 1. The molecule has 0 atom stereocenters. The maximum absolute atomic E-state index is 12.3. The first-order valence-electron chi connectivity index (χ1n) is 9.72. The lowest BCUT2D eigenvalue weighted by Gasteiger charge is -2.09. The molecule has 0 aliphatic heterocycles. The summed E-state index contributed by atoms with van der Waals surface area (Å²) < 4.78 is 7.36. The van der Waals surface area contributed by atoms with E-state index in [-0.39, 0.29) is 24.2 Å². The Kier molecular flexibility index (Phi) is 5.44. The van der Waals surface area contributed by atoms with Crippen LogP contribution in [0.1, 0.15) is 28.4 Å². The lowest BCUT2D eigenvalue weighted by Crippen LogP contribution is -2.20. The predicted molar refractivity (Wildman–Crippen MR) is 117 cm³/mol. The van der Waals surface area contributed by atoms with E-state index in [1.54, 1.807) is 35.1 Å². The zero-order valence-corrected chi connectivity index (χ0v) is 17.4. The average Bonchev–Trinajstić information content (AvgIpc) is 3.16. The maximum Gasteiger partial charge on any atom is 0.262 e. The van der Waals surface area contributed by atoms with Crippen LogP contribution in [0.5, 0.6) is 5.88 Å². The number of ketones is 1. The standard InChI is InChI=1S/C23H21N5O3/c1-14-7-15(2)9-19(8-14)28-22-20(11-26-28)23(25-13-24-22)31-12-21(30)27-18-6-4-5-17(10-18)16(3)29/h4-11,13H,12H2,1-3H3,(H,27,30). The Morgan fingerprint density at radius 3 is 2.58 bits per heavy atom. The summed E-state index contributed by atoms with van der Waals surface area (Å²) in [5.41, 5.74) is 4.76.